The highest BCUT2D eigenvalue weighted by molar-refractivity contribution is 5.91. The standard InChI is InChI=1S/C16H26O/c1-11-5-6-13(7-12(11)2)14-8-15(17)10-16(3,4)9-14/h8,11-13H,5-7,9-10H2,1-4H3. The third kappa shape index (κ3) is 3.00. The van der Waals surface area contributed by atoms with Crippen LogP contribution in [0.4, 0.5) is 0 Å². The van der Waals surface area contributed by atoms with Crippen LogP contribution in [0.2, 0.25) is 0 Å². The van der Waals surface area contributed by atoms with Crippen LogP contribution >= 0.6 is 0 Å². The van der Waals surface area contributed by atoms with Gasteiger partial charge < -0.3 is 0 Å². The molecule has 2 aliphatic rings. The van der Waals surface area contributed by atoms with E-state index in [9.17, 15) is 4.79 Å². The van der Waals surface area contributed by atoms with E-state index in [2.05, 4.69) is 27.7 Å². The van der Waals surface area contributed by atoms with Crippen molar-refractivity contribution in [3.63, 3.8) is 0 Å². The van der Waals surface area contributed by atoms with Crippen molar-refractivity contribution in [3.8, 4) is 0 Å². The molecule has 1 nitrogen and oxygen atoms in total. The zero-order chi connectivity index (χ0) is 12.6. The first-order chi connectivity index (χ1) is 7.87. The normalized spacial score (nSPS) is 37.8. The van der Waals surface area contributed by atoms with Crippen LogP contribution < -0.4 is 0 Å². The maximum Gasteiger partial charge on any atom is 0.156 e. The second-order valence-corrected chi connectivity index (χ2v) is 7.17. The Kier molecular flexibility index (Phi) is 3.47. The highest BCUT2D eigenvalue weighted by Gasteiger charge is 2.33. The van der Waals surface area contributed by atoms with Gasteiger partial charge in [-0.1, -0.05) is 33.3 Å². The summed E-state index contributed by atoms with van der Waals surface area (Å²) in [5.41, 5.74) is 1.64. The Bertz CT molecular complexity index is 337. The van der Waals surface area contributed by atoms with Gasteiger partial charge in [0.1, 0.15) is 0 Å². The Balaban J connectivity index is 2.10. The van der Waals surface area contributed by atoms with Crippen LogP contribution in [0, 0.1) is 23.2 Å². The summed E-state index contributed by atoms with van der Waals surface area (Å²) < 4.78 is 0. The fourth-order valence-corrected chi connectivity index (χ4v) is 3.54. The minimum atomic E-state index is 0.188. The average Bonchev–Trinajstić information content (AvgIpc) is 2.19. The van der Waals surface area contributed by atoms with E-state index < -0.39 is 0 Å². The fourth-order valence-electron chi connectivity index (χ4n) is 3.54. The molecule has 96 valence electrons. The molecule has 0 aliphatic heterocycles. The Labute approximate surface area is 106 Å². The molecule has 0 saturated heterocycles. The summed E-state index contributed by atoms with van der Waals surface area (Å²) in [6, 6.07) is 0. The van der Waals surface area contributed by atoms with E-state index in [0.29, 0.717) is 11.7 Å². The Morgan fingerprint density at radius 3 is 2.41 bits per heavy atom. The fraction of sp³-hybridized carbons (Fsp3) is 0.812. The topological polar surface area (TPSA) is 17.1 Å². The van der Waals surface area contributed by atoms with Crippen LogP contribution in [0.15, 0.2) is 11.6 Å². The Morgan fingerprint density at radius 2 is 1.82 bits per heavy atom. The summed E-state index contributed by atoms with van der Waals surface area (Å²) in [6.45, 7) is 9.19. The average molecular weight is 234 g/mol. The third-order valence-corrected chi connectivity index (χ3v) is 4.80. The molecule has 0 amide bonds. The summed E-state index contributed by atoms with van der Waals surface area (Å²) in [7, 11) is 0. The van der Waals surface area contributed by atoms with E-state index in [0.717, 1.165) is 24.7 Å². The summed E-state index contributed by atoms with van der Waals surface area (Å²) in [5, 5.41) is 0. The molecule has 0 radical (unpaired) electrons. The monoisotopic (exact) mass is 234 g/mol. The highest BCUT2D eigenvalue weighted by atomic mass is 16.1. The molecule has 0 bridgehead atoms. The lowest BCUT2D eigenvalue weighted by Crippen LogP contribution is -2.28. The van der Waals surface area contributed by atoms with E-state index in [1.165, 1.54) is 24.8 Å². The van der Waals surface area contributed by atoms with Gasteiger partial charge in [0.25, 0.3) is 0 Å². The van der Waals surface area contributed by atoms with Crippen molar-refractivity contribution in [2.75, 3.05) is 0 Å². The molecule has 0 spiro atoms. The van der Waals surface area contributed by atoms with Crippen molar-refractivity contribution >= 4 is 5.78 Å². The van der Waals surface area contributed by atoms with Gasteiger partial charge in [-0.15, -0.1) is 0 Å². The zero-order valence-electron chi connectivity index (χ0n) is 11.8. The predicted molar refractivity (Wildman–Crippen MR) is 71.8 cm³/mol. The minimum Gasteiger partial charge on any atom is -0.295 e. The summed E-state index contributed by atoms with van der Waals surface area (Å²) in [4.78, 5) is 11.8. The predicted octanol–water partition coefficient (Wildman–Crippen LogP) is 4.37. The molecule has 0 heterocycles. The van der Waals surface area contributed by atoms with Gasteiger partial charge in [-0.25, -0.2) is 0 Å². The summed E-state index contributed by atoms with van der Waals surface area (Å²) >= 11 is 0. The lowest BCUT2D eigenvalue weighted by molar-refractivity contribution is -0.117. The maximum absolute atomic E-state index is 11.8. The van der Waals surface area contributed by atoms with Gasteiger partial charge in [0.2, 0.25) is 0 Å². The molecule has 1 heteroatoms. The smallest absolute Gasteiger partial charge is 0.156 e. The highest BCUT2D eigenvalue weighted by Crippen LogP contribution is 2.43. The summed E-state index contributed by atoms with van der Waals surface area (Å²) in [6.07, 6.45) is 7.74. The lowest BCUT2D eigenvalue weighted by atomic mass is 9.67. The van der Waals surface area contributed by atoms with Gasteiger partial charge in [-0.05, 0) is 54.9 Å². The number of carbonyl (C=O) groups is 1. The van der Waals surface area contributed by atoms with Crippen molar-refractivity contribution in [1.29, 1.82) is 0 Å². The number of allylic oxidation sites excluding steroid dienone is 2. The zero-order valence-corrected chi connectivity index (χ0v) is 11.8. The van der Waals surface area contributed by atoms with Crippen molar-refractivity contribution in [3.05, 3.63) is 11.6 Å². The van der Waals surface area contributed by atoms with Gasteiger partial charge in [0.15, 0.2) is 5.78 Å². The molecule has 0 aromatic carbocycles. The van der Waals surface area contributed by atoms with Crippen LogP contribution in [0.25, 0.3) is 0 Å². The number of hydrogen-bond donors (Lipinski definition) is 0. The van der Waals surface area contributed by atoms with E-state index in [1.54, 1.807) is 0 Å². The molecule has 0 aromatic rings. The number of rotatable bonds is 1. The number of carbonyl (C=O) groups excluding carboxylic acids is 1. The molecular formula is C16H26O. The lowest BCUT2D eigenvalue weighted by Gasteiger charge is -2.38. The van der Waals surface area contributed by atoms with E-state index >= 15 is 0 Å². The number of ketones is 1. The molecule has 2 aliphatic carbocycles. The van der Waals surface area contributed by atoms with Crippen LogP contribution in [0.1, 0.15) is 59.8 Å². The van der Waals surface area contributed by atoms with Crippen molar-refractivity contribution < 1.29 is 4.79 Å². The van der Waals surface area contributed by atoms with Crippen molar-refractivity contribution in [1.82, 2.24) is 0 Å². The first-order valence-electron chi connectivity index (χ1n) is 7.11. The van der Waals surface area contributed by atoms with Gasteiger partial charge in [0.05, 0.1) is 0 Å². The van der Waals surface area contributed by atoms with Gasteiger partial charge >= 0.3 is 0 Å². The van der Waals surface area contributed by atoms with Crippen LogP contribution in [0.3, 0.4) is 0 Å². The van der Waals surface area contributed by atoms with Gasteiger partial charge in [0, 0.05) is 6.42 Å². The Morgan fingerprint density at radius 1 is 1.12 bits per heavy atom. The first-order valence-corrected chi connectivity index (χ1v) is 7.11. The molecule has 2 rings (SSSR count). The maximum atomic E-state index is 11.8. The van der Waals surface area contributed by atoms with Crippen molar-refractivity contribution in [2.24, 2.45) is 23.2 Å². The largest absolute Gasteiger partial charge is 0.295 e. The minimum absolute atomic E-state index is 0.188. The van der Waals surface area contributed by atoms with Crippen molar-refractivity contribution in [2.45, 2.75) is 59.8 Å². The van der Waals surface area contributed by atoms with E-state index in [-0.39, 0.29) is 5.41 Å². The van der Waals surface area contributed by atoms with Crippen LogP contribution in [0.5, 0.6) is 0 Å². The molecule has 1 saturated carbocycles. The quantitative estimate of drug-likeness (QED) is 0.658. The molecule has 17 heavy (non-hydrogen) atoms. The number of hydrogen-bond acceptors (Lipinski definition) is 1. The third-order valence-electron chi connectivity index (χ3n) is 4.80. The SMILES string of the molecule is CC1CCC(C2=CC(=O)CC(C)(C)C2)CC1C. The molecular weight excluding hydrogens is 208 g/mol. The molecule has 0 N–H and O–H groups in total. The van der Waals surface area contributed by atoms with Crippen LogP contribution in [-0.2, 0) is 4.79 Å². The molecule has 3 atom stereocenters. The second kappa shape index (κ2) is 4.59. The van der Waals surface area contributed by atoms with Crippen LogP contribution in [-0.4, -0.2) is 5.78 Å². The first kappa shape index (κ1) is 12.9. The Hall–Kier alpha value is -0.590. The van der Waals surface area contributed by atoms with E-state index in [1.807, 2.05) is 6.08 Å². The van der Waals surface area contributed by atoms with Gasteiger partial charge in [-0.3, -0.25) is 4.79 Å². The van der Waals surface area contributed by atoms with E-state index in [4.69, 9.17) is 0 Å². The molecule has 3 unspecified atom stereocenters. The second-order valence-electron chi connectivity index (χ2n) is 7.17. The van der Waals surface area contributed by atoms with Gasteiger partial charge in [-0.2, -0.15) is 0 Å². The summed E-state index contributed by atoms with van der Waals surface area (Å²) in [5.74, 6) is 2.71. The molecule has 0 aromatic heterocycles. The molecule has 1 fully saturated rings.